The summed E-state index contributed by atoms with van der Waals surface area (Å²) < 4.78 is 0. The van der Waals surface area contributed by atoms with Crippen LogP contribution in [0.1, 0.15) is 38.2 Å². The van der Waals surface area contributed by atoms with Crippen molar-refractivity contribution >= 4 is 5.69 Å². The number of benzene rings is 1. The highest BCUT2D eigenvalue weighted by molar-refractivity contribution is 5.52. The summed E-state index contributed by atoms with van der Waals surface area (Å²) >= 11 is 0. The Hall–Kier alpha value is -1.53. The van der Waals surface area contributed by atoms with Crippen molar-refractivity contribution in [3.05, 3.63) is 29.8 Å². The monoisotopic (exact) mass is 285 g/mol. The number of para-hydroxylation sites is 1. The number of hydrogen-bond donors (Lipinski definition) is 1. The Morgan fingerprint density at radius 2 is 2.19 bits per heavy atom. The van der Waals surface area contributed by atoms with Crippen molar-refractivity contribution in [3.8, 4) is 6.07 Å². The van der Waals surface area contributed by atoms with E-state index in [0.717, 1.165) is 32.4 Å². The third-order valence-electron chi connectivity index (χ3n) is 5.05. The molecule has 1 saturated carbocycles. The molecule has 0 amide bonds. The molecule has 2 rings (SSSR count). The molecule has 1 aromatic rings. The second-order valence-corrected chi connectivity index (χ2v) is 6.08. The van der Waals surface area contributed by atoms with Gasteiger partial charge in [0.15, 0.2) is 0 Å². The predicted molar refractivity (Wildman–Crippen MR) is 88.4 cm³/mol. The average Bonchev–Trinajstić information content (AvgIpc) is 2.93. The summed E-state index contributed by atoms with van der Waals surface area (Å²) in [7, 11) is 1.93. The van der Waals surface area contributed by atoms with E-state index < -0.39 is 0 Å². The molecular weight excluding hydrogens is 258 g/mol. The minimum Gasteiger partial charge on any atom is -0.372 e. The lowest BCUT2D eigenvalue weighted by Gasteiger charge is -2.31. The lowest BCUT2D eigenvalue weighted by atomic mass is 9.86. The van der Waals surface area contributed by atoms with Crippen LogP contribution in [0.5, 0.6) is 0 Å². The minimum atomic E-state index is -0.300. The van der Waals surface area contributed by atoms with Gasteiger partial charge in [0.2, 0.25) is 0 Å². The van der Waals surface area contributed by atoms with Crippen LogP contribution in [0, 0.1) is 24.2 Å². The molecule has 1 aliphatic carbocycles. The first-order chi connectivity index (χ1) is 10.2. The number of aryl methyl sites for hydroxylation is 1. The fraction of sp³-hybridized carbons (Fsp3) is 0.611. The Kier molecular flexibility index (Phi) is 5.25. The van der Waals surface area contributed by atoms with E-state index in [1.807, 2.05) is 7.05 Å². The molecule has 1 fully saturated rings. The summed E-state index contributed by atoms with van der Waals surface area (Å²) in [6.07, 6.45) is 4.40. The van der Waals surface area contributed by atoms with E-state index in [4.69, 9.17) is 0 Å². The van der Waals surface area contributed by atoms with Crippen LogP contribution in [-0.2, 0) is 0 Å². The van der Waals surface area contributed by atoms with E-state index in [9.17, 15) is 5.26 Å². The topological polar surface area (TPSA) is 39.1 Å². The van der Waals surface area contributed by atoms with E-state index in [1.54, 1.807) is 0 Å². The highest BCUT2D eigenvalue weighted by atomic mass is 15.1. The molecule has 21 heavy (non-hydrogen) atoms. The van der Waals surface area contributed by atoms with Gasteiger partial charge in [-0.3, -0.25) is 0 Å². The summed E-state index contributed by atoms with van der Waals surface area (Å²) in [5.41, 5.74) is 2.35. The Labute approximate surface area is 129 Å². The van der Waals surface area contributed by atoms with Gasteiger partial charge in [-0.2, -0.15) is 5.26 Å². The fourth-order valence-electron chi connectivity index (χ4n) is 3.68. The minimum absolute atomic E-state index is 0.300. The molecule has 0 bridgehead atoms. The van der Waals surface area contributed by atoms with Crippen molar-refractivity contribution in [1.82, 2.24) is 5.32 Å². The molecule has 0 aliphatic heterocycles. The molecule has 0 saturated heterocycles. The number of nitrogens with one attached hydrogen (secondary N) is 1. The van der Waals surface area contributed by atoms with Gasteiger partial charge in [0.05, 0.1) is 6.07 Å². The Balaban J connectivity index is 2.04. The van der Waals surface area contributed by atoms with Crippen molar-refractivity contribution < 1.29 is 0 Å². The normalized spacial score (nSPS) is 24.8. The molecule has 1 N–H and O–H groups in total. The van der Waals surface area contributed by atoms with Crippen LogP contribution in [0.15, 0.2) is 24.3 Å². The molecule has 114 valence electrons. The molecule has 3 heteroatoms. The van der Waals surface area contributed by atoms with Crippen LogP contribution in [0.2, 0.25) is 0 Å². The zero-order valence-corrected chi connectivity index (χ0v) is 13.5. The molecule has 0 radical (unpaired) electrons. The molecule has 0 spiro atoms. The van der Waals surface area contributed by atoms with Crippen molar-refractivity contribution in [2.45, 2.75) is 45.1 Å². The first kappa shape index (κ1) is 15.9. The summed E-state index contributed by atoms with van der Waals surface area (Å²) in [6.45, 7) is 6.41. The number of hydrogen-bond acceptors (Lipinski definition) is 3. The van der Waals surface area contributed by atoms with Gasteiger partial charge in [0, 0.05) is 18.8 Å². The van der Waals surface area contributed by atoms with Crippen LogP contribution >= 0.6 is 0 Å². The predicted octanol–water partition coefficient (Wildman–Crippen LogP) is 3.49. The SMILES string of the molecule is CCN(CCC1CCCC1(C#N)NC)c1ccccc1C. The Morgan fingerprint density at radius 3 is 2.81 bits per heavy atom. The lowest BCUT2D eigenvalue weighted by molar-refractivity contribution is 0.322. The highest BCUT2D eigenvalue weighted by Crippen LogP contribution is 2.37. The summed E-state index contributed by atoms with van der Waals surface area (Å²) in [5, 5.41) is 12.8. The van der Waals surface area contributed by atoms with Gasteiger partial charge in [0.25, 0.3) is 0 Å². The van der Waals surface area contributed by atoms with Crippen molar-refractivity contribution in [1.29, 1.82) is 5.26 Å². The van der Waals surface area contributed by atoms with Crippen LogP contribution in [-0.4, -0.2) is 25.7 Å². The second kappa shape index (κ2) is 6.95. The summed E-state index contributed by atoms with van der Waals surface area (Å²) in [5.74, 6) is 0.463. The molecule has 2 unspecified atom stereocenters. The maximum absolute atomic E-state index is 9.54. The van der Waals surface area contributed by atoms with Crippen LogP contribution in [0.3, 0.4) is 0 Å². The second-order valence-electron chi connectivity index (χ2n) is 6.08. The van der Waals surface area contributed by atoms with Crippen molar-refractivity contribution in [2.24, 2.45) is 5.92 Å². The van der Waals surface area contributed by atoms with Gasteiger partial charge in [-0.15, -0.1) is 0 Å². The van der Waals surface area contributed by atoms with E-state index in [0.29, 0.717) is 5.92 Å². The standard InChI is InChI=1S/C18H27N3/c1-4-21(17-10-6-5-8-15(17)2)13-11-16-9-7-12-18(16,14-19)20-3/h5-6,8,10,16,20H,4,7,9,11-13H2,1-3H3. The number of nitriles is 1. The van der Waals surface area contributed by atoms with Crippen LogP contribution in [0.4, 0.5) is 5.69 Å². The third-order valence-corrected chi connectivity index (χ3v) is 5.05. The van der Waals surface area contributed by atoms with Crippen molar-refractivity contribution in [3.63, 3.8) is 0 Å². The molecule has 1 aromatic carbocycles. The van der Waals surface area contributed by atoms with Crippen molar-refractivity contribution in [2.75, 3.05) is 25.0 Å². The first-order valence-electron chi connectivity index (χ1n) is 8.07. The molecular formula is C18H27N3. The molecule has 0 heterocycles. The van der Waals surface area contributed by atoms with E-state index in [2.05, 4.69) is 54.4 Å². The summed E-state index contributed by atoms with van der Waals surface area (Å²) in [4.78, 5) is 2.44. The quantitative estimate of drug-likeness (QED) is 0.869. The molecule has 3 nitrogen and oxygen atoms in total. The van der Waals surface area contributed by atoms with E-state index in [-0.39, 0.29) is 5.54 Å². The van der Waals surface area contributed by atoms with Crippen LogP contribution in [0.25, 0.3) is 0 Å². The van der Waals surface area contributed by atoms with Crippen LogP contribution < -0.4 is 10.2 Å². The smallest absolute Gasteiger partial charge is 0.109 e. The number of anilines is 1. The first-order valence-corrected chi connectivity index (χ1v) is 8.07. The maximum atomic E-state index is 9.54. The van der Waals surface area contributed by atoms with Gasteiger partial charge >= 0.3 is 0 Å². The third kappa shape index (κ3) is 3.22. The molecule has 2 atom stereocenters. The van der Waals surface area contributed by atoms with Gasteiger partial charge in [0.1, 0.15) is 5.54 Å². The molecule has 0 aromatic heterocycles. The highest BCUT2D eigenvalue weighted by Gasteiger charge is 2.41. The van der Waals surface area contributed by atoms with E-state index >= 15 is 0 Å². The van der Waals surface area contributed by atoms with Gasteiger partial charge in [-0.05, 0) is 57.7 Å². The molecule has 1 aliphatic rings. The fourth-order valence-corrected chi connectivity index (χ4v) is 3.68. The largest absolute Gasteiger partial charge is 0.372 e. The Morgan fingerprint density at radius 1 is 1.43 bits per heavy atom. The van der Waals surface area contributed by atoms with Gasteiger partial charge in [-0.25, -0.2) is 0 Å². The number of nitrogens with zero attached hydrogens (tertiary/aromatic N) is 2. The average molecular weight is 285 g/mol. The zero-order valence-electron chi connectivity index (χ0n) is 13.5. The van der Waals surface area contributed by atoms with Gasteiger partial charge < -0.3 is 10.2 Å². The Bertz CT molecular complexity index is 505. The lowest BCUT2D eigenvalue weighted by Crippen LogP contribution is -2.45. The summed E-state index contributed by atoms with van der Waals surface area (Å²) in [6, 6.07) is 11.1. The maximum Gasteiger partial charge on any atom is 0.109 e. The van der Waals surface area contributed by atoms with E-state index in [1.165, 1.54) is 17.7 Å². The number of rotatable bonds is 6. The zero-order chi connectivity index (χ0) is 15.3. The van der Waals surface area contributed by atoms with Gasteiger partial charge in [-0.1, -0.05) is 24.6 Å².